The van der Waals surface area contributed by atoms with Crippen molar-refractivity contribution in [1.82, 2.24) is 0 Å². The Morgan fingerprint density at radius 2 is 1.95 bits per heavy atom. The van der Waals surface area contributed by atoms with Crippen molar-refractivity contribution in [2.45, 2.75) is 58.8 Å². The fourth-order valence-electron chi connectivity index (χ4n) is 2.79. The molecule has 0 heterocycles. The van der Waals surface area contributed by atoms with Gasteiger partial charge in [-0.05, 0) is 69.7 Å². The third kappa shape index (κ3) is 7.81. The van der Waals surface area contributed by atoms with Gasteiger partial charge in [-0.15, -0.1) is 0 Å². The lowest BCUT2D eigenvalue weighted by molar-refractivity contribution is 0.149. The Morgan fingerprint density at radius 3 is 2.55 bits per heavy atom. The largest absolute Gasteiger partial charge is 0.493 e. The van der Waals surface area contributed by atoms with Crippen molar-refractivity contribution in [1.29, 1.82) is 0 Å². The second kappa shape index (κ2) is 11.5. The maximum Gasteiger partial charge on any atom is 0.119 e. The molecule has 0 aliphatic heterocycles. The molecule has 0 aromatic carbocycles. The molecule has 3 heteroatoms. The molecule has 0 spiro atoms. The quantitative estimate of drug-likeness (QED) is 0.498. The lowest BCUT2D eigenvalue weighted by atomic mass is 9.90. The van der Waals surface area contributed by atoms with E-state index in [0.29, 0.717) is 12.5 Å². The average Bonchev–Trinajstić information content (AvgIpc) is 2.56. The number of rotatable bonds is 9. The number of ether oxygens (including phenoxy) is 1. The summed E-state index contributed by atoms with van der Waals surface area (Å²) in [5, 5.41) is 9.36. The predicted molar refractivity (Wildman–Crippen MR) is 93.5 cm³/mol. The number of allylic oxidation sites excluding steroid dienone is 3. The Labute approximate surface area is 135 Å². The molecule has 0 bridgehead atoms. The van der Waals surface area contributed by atoms with Crippen molar-refractivity contribution < 1.29 is 9.84 Å². The highest BCUT2D eigenvalue weighted by Crippen LogP contribution is 2.25. The van der Waals surface area contributed by atoms with E-state index in [0.717, 1.165) is 30.8 Å². The first-order chi connectivity index (χ1) is 10.7. The van der Waals surface area contributed by atoms with E-state index in [1.165, 1.54) is 37.7 Å². The van der Waals surface area contributed by atoms with E-state index < -0.39 is 0 Å². The Kier molecular flexibility index (Phi) is 9.93. The van der Waals surface area contributed by atoms with E-state index >= 15 is 0 Å². The van der Waals surface area contributed by atoms with E-state index in [4.69, 9.17) is 10.5 Å². The van der Waals surface area contributed by atoms with Gasteiger partial charge in [-0.3, -0.25) is 0 Å². The smallest absolute Gasteiger partial charge is 0.119 e. The van der Waals surface area contributed by atoms with Gasteiger partial charge < -0.3 is 15.6 Å². The van der Waals surface area contributed by atoms with E-state index in [2.05, 4.69) is 13.0 Å². The van der Waals surface area contributed by atoms with Crippen LogP contribution in [0.5, 0.6) is 0 Å². The highest BCUT2D eigenvalue weighted by atomic mass is 16.5. The standard InChI is InChI=1S/C19H33NO2/c1-3-17(14-21)13-19(12-16(2)8-7-11-20)22-15-18-9-5-4-6-10-18/h3,12-13,18,21H,4-11,14-15,20H2,1-2H3/b16-12+,17-3+,19-13+. The number of aliphatic hydroxyl groups excluding tert-OH is 1. The monoisotopic (exact) mass is 307 g/mol. The lowest BCUT2D eigenvalue weighted by Gasteiger charge is -2.22. The van der Waals surface area contributed by atoms with Crippen LogP contribution in [0, 0.1) is 5.92 Å². The molecule has 0 aromatic heterocycles. The summed E-state index contributed by atoms with van der Waals surface area (Å²) in [7, 11) is 0. The highest BCUT2D eigenvalue weighted by Gasteiger charge is 2.14. The normalized spacial score (nSPS) is 18.6. The van der Waals surface area contributed by atoms with Gasteiger partial charge in [-0.25, -0.2) is 0 Å². The fourth-order valence-corrected chi connectivity index (χ4v) is 2.79. The van der Waals surface area contributed by atoms with Gasteiger partial charge in [0.2, 0.25) is 0 Å². The van der Waals surface area contributed by atoms with Crippen LogP contribution in [-0.4, -0.2) is 24.9 Å². The van der Waals surface area contributed by atoms with Crippen molar-refractivity contribution in [2.75, 3.05) is 19.8 Å². The molecule has 3 N–H and O–H groups in total. The summed E-state index contributed by atoms with van der Waals surface area (Å²) < 4.78 is 6.07. The first-order valence-electron chi connectivity index (χ1n) is 8.67. The summed E-state index contributed by atoms with van der Waals surface area (Å²) in [6.45, 7) is 5.59. The summed E-state index contributed by atoms with van der Waals surface area (Å²) >= 11 is 0. The maximum atomic E-state index is 9.36. The zero-order valence-corrected chi connectivity index (χ0v) is 14.3. The van der Waals surface area contributed by atoms with Crippen molar-refractivity contribution in [3.8, 4) is 0 Å². The minimum absolute atomic E-state index is 0.0441. The van der Waals surface area contributed by atoms with E-state index in [1.54, 1.807) is 0 Å². The molecule has 0 atom stereocenters. The zero-order valence-electron chi connectivity index (χ0n) is 14.3. The summed E-state index contributed by atoms with van der Waals surface area (Å²) in [6, 6.07) is 0. The molecule has 0 unspecified atom stereocenters. The van der Waals surface area contributed by atoms with Gasteiger partial charge in [0, 0.05) is 0 Å². The van der Waals surface area contributed by atoms with Crippen LogP contribution in [0.1, 0.15) is 58.8 Å². The van der Waals surface area contributed by atoms with Crippen LogP contribution in [0.25, 0.3) is 0 Å². The fraction of sp³-hybridized carbons (Fsp3) is 0.684. The van der Waals surface area contributed by atoms with Crippen molar-refractivity contribution in [3.05, 3.63) is 35.1 Å². The van der Waals surface area contributed by atoms with Crippen molar-refractivity contribution in [3.63, 3.8) is 0 Å². The number of aliphatic hydroxyl groups is 1. The molecule has 1 rings (SSSR count). The van der Waals surface area contributed by atoms with Crippen LogP contribution in [0.3, 0.4) is 0 Å². The Morgan fingerprint density at radius 1 is 1.23 bits per heavy atom. The molecule has 3 nitrogen and oxygen atoms in total. The molecule has 1 saturated carbocycles. The predicted octanol–water partition coefficient (Wildman–Crippen LogP) is 4.09. The first-order valence-corrected chi connectivity index (χ1v) is 8.67. The molecule has 126 valence electrons. The minimum atomic E-state index is 0.0441. The van der Waals surface area contributed by atoms with Gasteiger partial charge in [-0.1, -0.05) is 30.9 Å². The van der Waals surface area contributed by atoms with Gasteiger partial charge in [0.25, 0.3) is 0 Å². The SMILES string of the molecule is C\C=C(/C=C(\C=C(/C)CCCN)OCC1CCCCC1)CO. The van der Waals surface area contributed by atoms with Crippen molar-refractivity contribution >= 4 is 0 Å². The van der Waals surface area contributed by atoms with Gasteiger partial charge in [0.1, 0.15) is 5.76 Å². The molecular weight excluding hydrogens is 274 g/mol. The highest BCUT2D eigenvalue weighted by molar-refractivity contribution is 5.28. The molecule has 0 saturated heterocycles. The van der Waals surface area contributed by atoms with E-state index in [-0.39, 0.29) is 6.61 Å². The molecule has 0 radical (unpaired) electrons. The number of hydrogen-bond acceptors (Lipinski definition) is 3. The molecule has 1 aliphatic carbocycles. The van der Waals surface area contributed by atoms with Gasteiger partial charge in [0.05, 0.1) is 13.2 Å². The minimum Gasteiger partial charge on any atom is -0.493 e. The summed E-state index contributed by atoms with van der Waals surface area (Å²) in [4.78, 5) is 0. The third-order valence-electron chi connectivity index (χ3n) is 4.26. The summed E-state index contributed by atoms with van der Waals surface area (Å²) in [5.74, 6) is 1.54. The second-order valence-electron chi connectivity index (χ2n) is 6.27. The molecule has 1 aliphatic rings. The topological polar surface area (TPSA) is 55.5 Å². The Hall–Kier alpha value is -1.06. The lowest BCUT2D eigenvalue weighted by Crippen LogP contribution is -2.13. The van der Waals surface area contributed by atoms with Gasteiger partial charge in [-0.2, -0.15) is 0 Å². The maximum absolute atomic E-state index is 9.36. The molecule has 1 fully saturated rings. The number of hydrogen-bond donors (Lipinski definition) is 2. The van der Waals surface area contributed by atoms with Crippen molar-refractivity contribution in [2.24, 2.45) is 11.7 Å². The molecule has 0 amide bonds. The van der Waals surface area contributed by atoms with Crippen LogP contribution in [0.2, 0.25) is 0 Å². The second-order valence-corrected chi connectivity index (χ2v) is 6.27. The zero-order chi connectivity index (χ0) is 16.2. The Bertz CT molecular complexity index is 390. The summed E-state index contributed by atoms with van der Waals surface area (Å²) in [6.07, 6.45) is 14.5. The van der Waals surface area contributed by atoms with Crippen LogP contribution in [-0.2, 0) is 4.74 Å². The molecular formula is C19H33NO2. The molecule has 0 aromatic rings. The van der Waals surface area contributed by atoms with Gasteiger partial charge in [0.15, 0.2) is 0 Å². The van der Waals surface area contributed by atoms with Crippen LogP contribution in [0.15, 0.2) is 35.1 Å². The molecule has 22 heavy (non-hydrogen) atoms. The average molecular weight is 307 g/mol. The third-order valence-corrected chi connectivity index (χ3v) is 4.26. The summed E-state index contributed by atoms with van der Waals surface area (Å²) in [5.41, 5.74) is 7.73. The van der Waals surface area contributed by atoms with E-state index in [1.807, 2.05) is 19.1 Å². The van der Waals surface area contributed by atoms with Crippen LogP contribution in [0.4, 0.5) is 0 Å². The first kappa shape index (κ1) is 19.0. The van der Waals surface area contributed by atoms with Gasteiger partial charge >= 0.3 is 0 Å². The number of nitrogens with two attached hydrogens (primary N) is 1. The van der Waals surface area contributed by atoms with Crippen LogP contribution >= 0.6 is 0 Å². The Balaban J connectivity index is 2.68. The van der Waals surface area contributed by atoms with E-state index in [9.17, 15) is 5.11 Å². The van der Waals surface area contributed by atoms with Crippen LogP contribution < -0.4 is 5.73 Å².